The number of Topliss-reactive ketones (excluding diaryl/α,β-unsaturated/α-hetero) is 1. The van der Waals surface area contributed by atoms with Crippen LogP contribution in [-0.2, 0) is 14.4 Å². The van der Waals surface area contributed by atoms with E-state index in [1.54, 1.807) is 23.9 Å². The summed E-state index contributed by atoms with van der Waals surface area (Å²) in [4.78, 5) is 43.1. The van der Waals surface area contributed by atoms with Crippen LogP contribution in [0.5, 0.6) is 0 Å². The van der Waals surface area contributed by atoms with Crippen LogP contribution in [0.4, 0.5) is 0 Å². The lowest BCUT2D eigenvalue weighted by atomic mass is 10.1. The zero-order valence-corrected chi connectivity index (χ0v) is 16.2. The molecule has 0 aromatic heterocycles. The smallest absolute Gasteiger partial charge is 0.229 e. The highest BCUT2D eigenvalue weighted by Gasteiger charge is 2.18. The molecule has 0 unspecified atom stereocenters. The Bertz CT molecular complexity index is 375. The van der Waals surface area contributed by atoms with Gasteiger partial charge < -0.3 is 19.6 Å². The highest BCUT2D eigenvalue weighted by molar-refractivity contribution is 6.06. The molecule has 0 saturated carbocycles. The molecule has 24 heavy (non-hydrogen) atoms. The largest absolute Gasteiger partial charge is 0.345 e. The Balaban J connectivity index is 4.09. The number of carbonyl (C=O) groups is 3. The van der Waals surface area contributed by atoms with Gasteiger partial charge in [-0.1, -0.05) is 0 Å². The fourth-order valence-electron chi connectivity index (χ4n) is 2.17. The maximum absolute atomic E-state index is 12.0. The van der Waals surface area contributed by atoms with Crippen molar-refractivity contribution in [1.82, 2.24) is 19.6 Å². The van der Waals surface area contributed by atoms with Crippen molar-refractivity contribution in [2.75, 3.05) is 68.5 Å². The predicted molar refractivity (Wildman–Crippen MR) is 95.9 cm³/mol. The molecule has 0 N–H and O–H groups in total. The van der Waals surface area contributed by atoms with Crippen molar-refractivity contribution in [3.05, 3.63) is 0 Å². The minimum atomic E-state index is -0.316. The van der Waals surface area contributed by atoms with Gasteiger partial charge >= 0.3 is 0 Å². The van der Waals surface area contributed by atoms with Gasteiger partial charge in [0.05, 0.1) is 12.8 Å². The summed E-state index contributed by atoms with van der Waals surface area (Å²) in [6.07, 6.45) is 1.32. The molecule has 140 valence electrons. The van der Waals surface area contributed by atoms with Crippen molar-refractivity contribution in [2.45, 2.75) is 25.7 Å². The van der Waals surface area contributed by atoms with Crippen LogP contribution >= 0.6 is 0 Å². The van der Waals surface area contributed by atoms with Crippen LogP contribution in [0.1, 0.15) is 25.7 Å². The maximum atomic E-state index is 12.0. The first-order chi connectivity index (χ1) is 11.1. The summed E-state index contributed by atoms with van der Waals surface area (Å²) in [7, 11) is 11.3. The van der Waals surface area contributed by atoms with Gasteiger partial charge in [-0.05, 0) is 54.1 Å². The fourth-order valence-corrected chi connectivity index (χ4v) is 2.17. The summed E-state index contributed by atoms with van der Waals surface area (Å²) in [5.41, 5.74) is 0. The Hall–Kier alpha value is -1.47. The van der Waals surface area contributed by atoms with Crippen LogP contribution in [0.2, 0.25) is 0 Å². The third-order valence-electron chi connectivity index (χ3n) is 3.75. The highest BCUT2D eigenvalue weighted by atomic mass is 16.2. The second kappa shape index (κ2) is 12.0. The van der Waals surface area contributed by atoms with Gasteiger partial charge in [0.1, 0.15) is 0 Å². The van der Waals surface area contributed by atoms with E-state index in [-0.39, 0.29) is 30.4 Å². The lowest BCUT2D eigenvalue weighted by Crippen LogP contribution is -2.34. The molecule has 0 spiro atoms. The standard InChI is InChI=1S/C17H34N4O3/c1-18(2)9-7-11-20(5)16(23)13-15(22)14-17(24)21(6)12-8-10-19(3)4/h7-14H2,1-6H3. The topological polar surface area (TPSA) is 64.2 Å². The molecule has 0 atom stereocenters. The van der Waals surface area contributed by atoms with E-state index in [1.807, 2.05) is 38.0 Å². The molecule has 0 aliphatic heterocycles. The molecule has 0 bridgehead atoms. The monoisotopic (exact) mass is 342 g/mol. The summed E-state index contributed by atoms with van der Waals surface area (Å²) in [6, 6.07) is 0. The molecule has 0 saturated heterocycles. The van der Waals surface area contributed by atoms with E-state index < -0.39 is 0 Å². The molecule has 0 aliphatic rings. The van der Waals surface area contributed by atoms with Crippen LogP contribution in [-0.4, -0.2) is 106 Å². The van der Waals surface area contributed by atoms with Crippen LogP contribution in [0.15, 0.2) is 0 Å². The van der Waals surface area contributed by atoms with Crippen LogP contribution < -0.4 is 0 Å². The lowest BCUT2D eigenvalue weighted by Gasteiger charge is -2.19. The Labute approximate surface area is 146 Å². The van der Waals surface area contributed by atoms with Crippen molar-refractivity contribution in [3.8, 4) is 0 Å². The average molecular weight is 342 g/mol. The fraction of sp³-hybridized carbons (Fsp3) is 0.824. The molecule has 0 aromatic rings. The zero-order valence-electron chi connectivity index (χ0n) is 16.2. The Morgan fingerprint density at radius 2 is 0.917 bits per heavy atom. The molecular weight excluding hydrogens is 308 g/mol. The Morgan fingerprint density at radius 1 is 0.583 bits per heavy atom. The Kier molecular flexibility index (Phi) is 11.2. The van der Waals surface area contributed by atoms with Crippen LogP contribution in [0.3, 0.4) is 0 Å². The van der Waals surface area contributed by atoms with Gasteiger partial charge in [0, 0.05) is 27.2 Å². The summed E-state index contributed by atoms with van der Waals surface area (Å²) in [6.45, 7) is 3.01. The molecule has 0 aliphatic carbocycles. The second-order valence-electron chi connectivity index (χ2n) is 6.84. The van der Waals surface area contributed by atoms with E-state index in [4.69, 9.17) is 0 Å². The second-order valence-corrected chi connectivity index (χ2v) is 6.84. The van der Waals surface area contributed by atoms with Gasteiger partial charge in [0.25, 0.3) is 0 Å². The van der Waals surface area contributed by atoms with Crippen molar-refractivity contribution in [1.29, 1.82) is 0 Å². The molecule has 0 rings (SSSR count). The summed E-state index contributed by atoms with van der Waals surface area (Å²) in [5.74, 6) is -0.757. The van der Waals surface area contributed by atoms with E-state index in [9.17, 15) is 14.4 Å². The van der Waals surface area contributed by atoms with Crippen LogP contribution in [0, 0.1) is 0 Å². The quantitative estimate of drug-likeness (QED) is 0.473. The van der Waals surface area contributed by atoms with E-state index in [0.29, 0.717) is 13.1 Å². The minimum absolute atomic E-state index is 0.199. The van der Waals surface area contributed by atoms with Crippen molar-refractivity contribution < 1.29 is 14.4 Å². The predicted octanol–water partition coefficient (Wildman–Crippen LogP) is 0.156. The van der Waals surface area contributed by atoms with Crippen LogP contribution in [0.25, 0.3) is 0 Å². The van der Waals surface area contributed by atoms with E-state index >= 15 is 0 Å². The number of nitrogens with zero attached hydrogens (tertiary/aromatic N) is 4. The highest BCUT2D eigenvalue weighted by Crippen LogP contribution is 2.01. The first-order valence-electron chi connectivity index (χ1n) is 8.42. The molecule has 7 nitrogen and oxygen atoms in total. The van der Waals surface area contributed by atoms with Gasteiger partial charge in [0.2, 0.25) is 11.8 Å². The number of hydrogen-bond donors (Lipinski definition) is 0. The molecule has 7 heteroatoms. The number of ketones is 1. The van der Waals surface area contributed by atoms with Gasteiger partial charge in [-0.25, -0.2) is 0 Å². The van der Waals surface area contributed by atoms with E-state index in [2.05, 4.69) is 0 Å². The molecular formula is C17H34N4O3. The zero-order chi connectivity index (χ0) is 18.7. The van der Waals surface area contributed by atoms with E-state index in [1.165, 1.54) is 0 Å². The first kappa shape index (κ1) is 22.5. The Morgan fingerprint density at radius 3 is 1.21 bits per heavy atom. The molecule has 0 aromatic carbocycles. The van der Waals surface area contributed by atoms with Gasteiger partial charge in [-0.2, -0.15) is 0 Å². The third-order valence-corrected chi connectivity index (χ3v) is 3.75. The molecule has 0 fully saturated rings. The summed E-state index contributed by atoms with van der Waals surface area (Å²) < 4.78 is 0. The average Bonchev–Trinajstić information content (AvgIpc) is 2.45. The molecule has 0 radical (unpaired) electrons. The number of rotatable bonds is 12. The van der Waals surface area contributed by atoms with Gasteiger partial charge in [-0.3, -0.25) is 14.4 Å². The molecule has 0 heterocycles. The molecule has 2 amide bonds. The SMILES string of the molecule is CN(C)CCCN(C)C(=O)CC(=O)CC(=O)N(C)CCCN(C)C. The minimum Gasteiger partial charge on any atom is -0.345 e. The lowest BCUT2D eigenvalue weighted by molar-refractivity contribution is -0.137. The van der Waals surface area contributed by atoms with Crippen molar-refractivity contribution in [3.63, 3.8) is 0 Å². The summed E-state index contributed by atoms with van der Waals surface area (Å²) in [5, 5.41) is 0. The maximum Gasteiger partial charge on any atom is 0.229 e. The van der Waals surface area contributed by atoms with Crippen molar-refractivity contribution in [2.24, 2.45) is 0 Å². The van der Waals surface area contributed by atoms with Gasteiger partial charge in [0.15, 0.2) is 5.78 Å². The first-order valence-corrected chi connectivity index (χ1v) is 8.42. The third kappa shape index (κ3) is 11.1. The van der Waals surface area contributed by atoms with Crippen molar-refractivity contribution >= 4 is 17.6 Å². The summed E-state index contributed by atoms with van der Waals surface area (Å²) >= 11 is 0. The number of amides is 2. The van der Waals surface area contributed by atoms with Gasteiger partial charge in [-0.15, -0.1) is 0 Å². The number of hydrogen-bond acceptors (Lipinski definition) is 5. The van der Waals surface area contributed by atoms with E-state index in [0.717, 1.165) is 25.9 Å². The normalized spacial score (nSPS) is 11.0. The number of carbonyl (C=O) groups excluding carboxylic acids is 3.